The van der Waals surface area contributed by atoms with Crippen molar-refractivity contribution in [3.63, 3.8) is 0 Å². The van der Waals surface area contributed by atoms with Crippen LogP contribution in [0.15, 0.2) is 45.7 Å². The van der Waals surface area contributed by atoms with Crippen molar-refractivity contribution in [1.29, 1.82) is 0 Å². The van der Waals surface area contributed by atoms with E-state index < -0.39 is 21.2 Å². The SMILES string of the molecule is CCCCCCCCCC[N+](=Nc1cc(OCC(CC)CCCC)c(N=Nc2ccc([N+](=O)[O-])cc2[N+](=O)[O-])cc1OCC(CC)CCCC)C(CC)C(C)C(C)CC. The molecule has 0 bridgehead atoms. The Morgan fingerprint density at radius 2 is 1.12 bits per heavy atom. The molecule has 0 N–H and O–H groups in total. The van der Waals surface area contributed by atoms with Gasteiger partial charge in [-0.25, -0.2) is 0 Å². The highest BCUT2D eigenvalue weighted by Crippen LogP contribution is 2.43. The van der Waals surface area contributed by atoms with Crippen LogP contribution in [0.2, 0.25) is 0 Å². The summed E-state index contributed by atoms with van der Waals surface area (Å²) in [5.74, 6) is 2.65. The van der Waals surface area contributed by atoms with E-state index in [9.17, 15) is 20.2 Å². The molecule has 2 rings (SSSR count). The van der Waals surface area contributed by atoms with Crippen LogP contribution in [0.1, 0.15) is 178 Å². The molecule has 2 aromatic carbocycles. The number of ether oxygens (including phenoxy) is 2. The average molecular weight is 824 g/mol. The summed E-state index contributed by atoms with van der Waals surface area (Å²) in [6.07, 6.45) is 20.4. The lowest BCUT2D eigenvalue weighted by molar-refractivity contribution is -0.633. The smallest absolute Gasteiger partial charge is 0.303 e. The fourth-order valence-corrected chi connectivity index (χ4v) is 7.54. The zero-order valence-corrected chi connectivity index (χ0v) is 38.3. The molecule has 0 aliphatic carbocycles. The lowest BCUT2D eigenvalue weighted by atomic mass is 9.85. The number of non-ortho nitro benzene ring substituents is 1. The molecule has 2 aromatic rings. The number of unbranched alkanes of at least 4 members (excludes halogenated alkanes) is 9. The molecule has 0 fully saturated rings. The van der Waals surface area contributed by atoms with Gasteiger partial charge in [0.15, 0.2) is 29.7 Å². The Bertz CT molecular complexity index is 1580. The van der Waals surface area contributed by atoms with Gasteiger partial charge in [0.25, 0.3) is 5.69 Å². The van der Waals surface area contributed by atoms with Gasteiger partial charge in [-0.15, -0.1) is 14.9 Å². The maximum atomic E-state index is 12.0. The van der Waals surface area contributed by atoms with Crippen molar-refractivity contribution < 1.29 is 24.0 Å². The number of rotatable bonds is 33. The van der Waals surface area contributed by atoms with E-state index >= 15 is 0 Å². The van der Waals surface area contributed by atoms with E-state index in [1.165, 1.54) is 50.7 Å². The summed E-state index contributed by atoms with van der Waals surface area (Å²) in [6, 6.07) is 7.30. The third-order valence-electron chi connectivity index (χ3n) is 12.1. The molecule has 0 aliphatic rings. The molecular formula is C47H79N6O6+. The second-order valence-electron chi connectivity index (χ2n) is 16.6. The first kappa shape index (κ1) is 51.2. The summed E-state index contributed by atoms with van der Waals surface area (Å²) < 4.78 is 15.6. The molecule has 12 nitrogen and oxygen atoms in total. The topological polar surface area (TPSA) is 145 Å². The summed E-state index contributed by atoms with van der Waals surface area (Å²) in [4.78, 5) is 22.1. The molecule has 0 saturated heterocycles. The van der Waals surface area contributed by atoms with E-state index in [1.807, 2.05) is 12.1 Å². The molecular weight excluding hydrogens is 745 g/mol. The first-order chi connectivity index (χ1) is 28.5. The van der Waals surface area contributed by atoms with Crippen LogP contribution in [0.25, 0.3) is 0 Å². The minimum atomic E-state index is -0.679. The summed E-state index contributed by atoms with van der Waals surface area (Å²) in [5, 5.41) is 37.7. The molecule has 5 atom stereocenters. The maximum absolute atomic E-state index is 12.0. The number of benzene rings is 2. The van der Waals surface area contributed by atoms with Gasteiger partial charge < -0.3 is 9.47 Å². The lowest BCUT2D eigenvalue weighted by Crippen LogP contribution is -2.34. The summed E-state index contributed by atoms with van der Waals surface area (Å²) >= 11 is 0. The second-order valence-corrected chi connectivity index (χ2v) is 16.6. The molecule has 0 aliphatic heterocycles. The van der Waals surface area contributed by atoms with Gasteiger partial charge in [-0.1, -0.05) is 146 Å². The minimum absolute atomic E-state index is 0.0934. The summed E-state index contributed by atoms with van der Waals surface area (Å²) in [6.45, 7) is 22.0. The minimum Gasteiger partial charge on any atom is -0.491 e. The largest absolute Gasteiger partial charge is 0.491 e. The Balaban J connectivity index is 2.83. The molecule has 332 valence electrons. The predicted octanol–water partition coefficient (Wildman–Crippen LogP) is 15.8. The fraction of sp³-hybridized carbons (Fsp3) is 0.745. The van der Waals surface area contributed by atoms with Gasteiger partial charge in [0.2, 0.25) is 0 Å². The van der Waals surface area contributed by atoms with E-state index in [0.717, 1.165) is 89.7 Å². The number of nitro benzene ring substituents is 2. The van der Waals surface area contributed by atoms with E-state index in [-0.39, 0.29) is 11.7 Å². The zero-order chi connectivity index (χ0) is 43.6. The van der Waals surface area contributed by atoms with Gasteiger partial charge in [-0.2, -0.15) is 0 Å². The van der Waals surface area contributed by atoms with Crippen LogP contribution in [0, 0.1) is 43.9 Å². The van der Waals surface area contributed by atoms with Crippen LogP contribution < -0.4 is 9.47 Å². The van der Waals surface area contributed by atoms with Crippen LogP contribution in [-0.4, -0.2) is 40.3 Å². The summed E-state index contributed by atoms with van der Waals surface area (Å²) in [5.41, 5.74) is 0.0366. The molecule has 0 radical (unpaired) electrons. The Morgan fingerprint density at radius 3 is 1.63 bits per heavy atom. The van der Waals surface area contributed by atoms with Gasteiger partial charge in [-0.3, -0.25) is 20.2 Å². The van der Waals surface area contributed by atoms with Crippen molar-refractivity contribution in [3.8, 4) is 11.5 Å². The molecule has 0 heterocycles. The molecule has 0 amide bonds. The van der Waals surface area contributed by atoms with Gasteiger partial charge >= 0.3 is 5.69 Å². The van der Waals surface area contributed by atoms with Crippen LogP contribution in [0.4, 0.5) is 28.4 Å². The molecule has 12 heteroatoms. The number of nitro groups is 2. The molecule has 0 aromatic heterocycles. The quantitative estimate of drug-likeness (QED) is 0.0230. The standard InChI is InChI=1S/C47H79N6O6/c1-10-17-20-21-22-23-24-25-30-51(44(16-7)37(9)36(8)13-4)50-43-33-46(58-34-38(14-5)26-18-11-2)42(32-47(43)59-35-39(15-6)27-19-12-3)49-48-41-29-28-40(52(54)55)31-45(41)53(56)57/h28-29,31-33,36-39,44H,10-27,30,34-35H2,1-9H3/q+1. The zero-order valence-electron chi connectivity index (χ0n) is 38.3. The van der Waals surface area contributed by atoms with E-state index in [1.54, 1.807) is 0 Å². The van der Waals surface area contributed by atoms with Gasteiger partial charge in [-0.05, 0) is 48.2 Å². The van der Waals surface area contributed by atoms with Crippen molar-refractivity contribution in [2.75, 3.05) is 19.8 Å². The molecule has 0 spiro atoms. The van der Waals surface area contributed by atoms with Crippen molar-refractivity contribution in [3.05, 3.63) is 50.6 Å². The van der Waals surface area contributed by atoms with Gasteiger partial charge in [0.05, 0.1) is 29.1 Å². The average Bonchev–Trinajstić information content (AvgIpc) is 3.24. The fourth-order valence-electron chi connectivity index (χ4n) is 7.54. The first-order valence-corrected chi connectivity index (χ1v) is 23.2. The Labute approximate surface area is 356 Å². The third-order valence-corrected chi connectivity index (χ3v) is 12.1. The van der Waals surface area contributed by atoms with Crippen LogP contribution >= 0.6 is 0 Å². The van der Waals surface area contributed by atoms with Crippen LogP contribution in [0.5, 0.6) is 11.5 Å². The molecule has 59 heavy (non-hydrogen) atoms. The second kappa shape index (κ2) is 29.3. The number of nitrogens with zero attached hydrogens (tertiary/aromatic N) is 6. The number of azo groups is 3. The van der Waals surface area contributed by atoms with E-state index in [2.05, 4.69) is 77.2 Å². The van der Waals surface area contributed by atoms with Crippen LogP contribution in [0.3, 0.4) is 0 Å². The van der Waals surface area contributed by atoms with Gasteiger partial charge in [0, 0.05) is 37.0 Å². The van der Waals surface area contributed by atoms with Crippen molar-refractivity contribution in [2.45, 2.75) is 184 Å². The highest BCUT2D eigenvalue weighted by Gasteiger charge is 2.32. The number of hydrogen-bond donors (Lipinski definition) is 0. The van der Waals surface area contributed by atoms with Crippen molar-refractivity contribution in [2.24, 2.45) is 39.0 Å². The van der Waals surface area contributed by atoms with Crippen LogP contribution in [-0.2, 0) is 0 Å². The normalized spacial score (nSPS) is 14.6. The van der Waals surface area contributed by atoms with Gasteiger partial charge in [0.1, 0.15) is 11.4 Å². The Hall–Kier alpha value is -3.96. The van der Waals surface area contributed by atoms with Crippen molar-refractivity contribution in [1.82, 2.24) is 0 Å². The summed E-state index contributed by atoms with van der Waals surface area (Å²) in [7, 11) is 0. The predicted molar refractivity (Wildman–Crippen MR) is 240 cm³/mol. The van der Waals surface area contributed by atoms with E-state index in [0.29, 0.717) is 59.8 Å². The lowest BCUT2D eigenvalue weighted by Gasteiger charge is -2.24. The Morgan fingerprint density at radius 1 is 0.593 bits per heavy atom. The maximum Gasteiger partial charge on any atom is 0.303 e. The highest BCUT2D eigenvalue weighted by molar-refractivity contribution is 5.67. The number of hydrogen-bond acceptors (Lipinski definition) is 9. The first-order valence-electron chi connectivity index (χ1n) is 23.2. The van der Waals surface area contributed by atoms with Crippen molar-refractivity contribution >= 4 is 28.4 Å². The molecule has 5 unspecified atom stereocenters. The third kappa shape index (κ3) is 18.1. The highest BCUT2D eigenvalue weighted by atomic mass is 16.6. The molecule has 0 saturated carbocycles. The van der Waals surface area contributed by atoms with E-state index in [4.69, 9.17) is 14.6 Å². The monoisotopic (exact) mass is 824 g/mol. The Kier molecular flexibility index (Phi) is 25.4.